The fourth-order valence-electron chi connectivity index (χ4n) is 4.98. The Bertz CT molecular complexity index is 1760. The first-order valence-electron chi connectivity index (χ1n) is 13.2. The minimum Gasteiger partial charge on any atom is -0.439 e. The molecular weight excluding hydrogens is 466 g/mol. The highest BCUT2D eigenvalue weighted by atomic mass is 16.5. The number of hydrogen-bond donors (Lipinski definition) is 0. The van der Waals surface area contributed by atoms with E-state index in [9.17, 15) is 0 Å². The smallest absolute Gasteiger partial charge is 0.219 e. The van der Waals surface area contributed by atoms with Crippen LogP contribution in [0.4, 0.5) is 0 Å². The molecule has 0 atom stereocenters. The number of para-hydroxylation sites is 1. The molecule has 0 aliphatic rings. The summed E-state index contributed by atoms with van der Waals surface area (Å²) in [6.07, 6.45) is 1.81. The maximum absolute atomic E-state index is 6.17. The zero-order valence-electron chi connectivity index (χ0n) is 22.2. The van der Waals surface area contributed by atoms with Crippen LogP contribution in [0.2, 0.25) is 0 Å². The molecule has 3 heterocycles. The summed E-state index contributed by atoms with van der Waals surface area (Å²) in [6.45, 7) is 8.70. The van der Waals surface area contributed by atoms with Gasteiger partial charge in [-0.15, -0.1) is 0 Å². The van der Waals surface area contributed by atoms with Crippen LogP contribution in [0.1, 0.15) is 50.8 Å². The minimum atomic E-state index is 0.358. The van der Waals surface area contributed by atoms with E-state index in [0.717, 1.165) is 39.4 Å². The van der Waals surface area contributed by atoms with Crippen molar-refractivity contribution in [1.29, 1.82) is 0 Å². The molecule has 0 amide bonds. The number of ether oxygens (including phenoxy) is 1. The Morgan fingerprint density at radius 1 is 0.658 bits per heavy atom. The molecule has 3 aromatic carbocycles. The molecule has 0 bridgehead atoms. The number of fused-ring (bicyclic) bond motifs is 3. The Morgan fingerprint density at radius 2 is 1.45 bits per heavy atom. The predicted molar refractivity (Wildman–Crippen MR) is 157 cm³/mol. The molecular formula is C34H31N3O. The van der Waals surface area contributed by atoms with Gasteiger partial charge < -0.3 is 4.74 Å². The predicted octanol–water partition coefficient (Wildman–Crippen LogP) is 9.28. The monoisotopic (exact) mass is 497 g/mol. The molecule has 4 nitrogen and oxygen atoms in total. The minimum absolute atomic E-state index is 0.358. The first-order valence-corrected chi connectivity index (χ1v) is 13.2. The lowest BCUT2D eigenvalue weighted by Crippen LogP contribution is -2.01. The number of pyridine rings is 2. The number of rotatable bonds is 6. The van der Waals surface area contributed by atoms with Gasteiger partial charge in [0.2, 0.25) is 5.88 Å². The van der Waals surface area contributed by atoms with Crippen molar-refractivity contribution in [2.45, 2.75) is 39.5 Å². The van der Waals surface area contributed by atoms with E-state index in [-0.39, 0.29) is 0 Å². The highest BCUT2D eigenvalue weighted by Gasteiger charge is 2.15. The molecule has 0 N–H and O–H groups in total. The fourth-order valence-corrected chi connectivity index (χ4v) is 4.98. The van der Waals surface area contributed by atoms with Crippen LogP contribution >= 0.6 is 0 Å². The molecule has 6 aromatic rings. The van der Waals surface area contributed by atoms with Crippen LogP contribution in [0.25, 0.3) is 38.8 Å². The van der Waals surface area contributed by atoms with E-state index in [4.69, 9.17) is 9.72 Å². The van der Waals surface area contributed by atoms with Gasteiger partial charge in [0.05, 0.1) is 11.0 Å². The third-order valence-electron chi connectivity index (χ3n) is 7.07. The SMILES string of the molecule is CC(C)c1ccnc(Oc2cccc(-c3ccc4c5ccccc5n(-c5cccc(C(C)C)n5)c4c3)c2)c1. The molecule has 0 aliphatic carbocycles. The van der Waals surface area contributed by atoms with Crippen LogP contribution in [-0.4, -0.2) is 14.5 Å². The molecule has 0 unspecified atom stereocenters. The normalized spacial score (nSPS) is 11.6. The van der Waals surface area contributed by atoms with E-state index in [1.54, 1.807) is 0 Å². The third-order valence-corrected chi connectivity index (χ3v) is 7.07. The molecule has 38 heavy (non-hydrogen) atoms. The van der Waals surface area contributed by atoms with E-state index < -0.39 is 0 Å². The molecule has 0 spiro atoms. The number of benzene rings is 3. The summed E-state index contributed by atoms with van der Waals surface area (Å²) < 4.78 is 8.45. The van der Waals surface area contributed by atoms with Gasteiger partial charge in [-0.2, -0.15) is 0 Å². The van der Waals surface area contributed by atoms with Crippen LogP contribution < -0.4 is 4.74 Å². The zero-order chi connectivity index (χ0) is 26.2. The average molecular weight is 498 g/mol. The highest BCUT2D eigenvalue weighted by molar-refractivity contribution is 6.10. The average Bonchev–Trinajstić information content (AvgIpc) is 3.27. The van der Waals surface area contributed by atoms with Crippen molar-refractivity contribution in [3.63, 3.8) is 0 Å². The van der Waals surface area contributed by atoms with Gasteiger partial charge in [-0.3, -0.25) is 4.57 Å². The molecule has 4 heteroatoms. The molecule has 0 fully saturated rings. The summed E-state index contributed by atoms with van der Waals surface area (Å²) in [7, 11) is 0. The van der Waals surface area contributed by atoms with Crippen molar-refractivity contribution in [3.05, 3.63) is 115 Å². The molecule has 0 radical (unpaired) electrons. The Kier molecular flexibility index (Phi) is 6.16. The Balaban J connectivity index is 1.45. The summed E-state index contributed by atoms with van der Waals surface area (Å²) in [5.74, 6) is 3.09. The standard InChI is InChI=1S/C34H31N3O/c1-22(2)24-17-18-35-34(21-24)38-27-10-7-9-25(19-27)26-15-16-29-28-11-5-6-13-31(28)37(32(29)20-26)33-14-8-12-30(36-33)23(3)4/h5-23H,1-4H3. The number of aromatic nitrogens is 3. The van der Waals surface area contributed by atoms with E-state index in [2.05, 4.69) is 110 Å². The van der Waals surface area contributed by atoms with Crippen LogP contribution in [0.15, 0.2) is 103 Å². The third kappa shape index (κ3) is 4.43. The Labute approximate surface area is 223 Å². The lowest BCUT2D eigenvalue weighted by molar-refractivity contribution is 0.462. The van der Waals surface area contributed by atoms with Crippen LogP contribution in [0.5, 0.6) is 11.6 Å². The van der Waals surface area contributed by atoms with Crippen molar-refractivity contribution in [1.82, 2.24) is 14.5 Å². The lowest BCUT2D eigenvalue weighted by Gasteiger charge is -2.12. The maximum Gasteiger partial charge on any atom is 0.219 e. The summed E-state index contributed by atoms with van der Waals surface area (Å²) >= 11 is 0. The second-order valence-electron chi connectivity index (χ2n) is 10.4. The highest BCUT2D eigenvalue weighted by Crippen LogP contribution is 2.35. The van der Waals surface area contributed by atoms with Gasteiger partial charge in [0.15, 0.2) is 0 Å². The van der Waals surface area contributed by atoms with E-state index in [0.29, 0.717) is 17.7 Å². The summed E-state index contributed by atoms with van der Waals surface area (Å²) in [5, 5.41) is 2.43. The summed E-state index contributed by atoms with van der Waals surface area (Å²) in [6, 6.07) is 33.8. The van der Waals surface area contributed by atoms with Gasteiger partial charge in [-0.05, 0) is 71.0 Å². The van der Waals surface area contributed by atoms with E-state index in [1.807, 2.05) is 30.5 Å². The quantitative estimate of drug-likeness (QED) is 0.230. The molecule has 6 rings (SSSR count). The van der Waals surface area contributed by atoms with Crippen molar-refractivity contribution < 1.29 is 4.74 Å². The van der Waals surface area contributed by atoms with Gasteiger partial charge >= 0.3 is 0 Å². The van der Waals surface area contributed by atoms with Gasteiger partial charge in [0.25, 0.3) is 0 Å². The van der Waals surface area contributed by atoms with Crippen LogP contribution in [0, 0.1) is 0 Å². The molecule has 188 valence electrons. The first-order chi connectivity index (χ1) is 18.5. The fraction of sp³-hybridized carbons (Fsp3) is 0.176. The summed E-state index contributed by atoms with van der Waals surface area (Å²) in [5.41, 5.74) is 6.79. The molecule has 3 aromatic heterocycles. The topological polar surface area (TPSA) is 39.9 Å². The largest absolute Gasteiger partial charge is 0.439 e. The van der Waals surface area contributed by atoms with Gasteiger partial charge in [0.1, 0.15) is 11.6 Å². The number of nitrogens with zero attached hydrogens (tertiary/aromatic N) is 3. The van der Waals surface area contributed by atoms with Crippen molar-refractivity contribution in [3.8, 4) is 28.6 Å². The van der Waals surface area contributed by atoms with Crippen LogP contribution in [0.3, 0.4) is 0 Å². The summed E-state index contributed by atoms with van der Waals surface area (Å²) in [4.78, 5) is 9.45. The Hall–Kier alpha value is -4.44. The molecule has 0 saturated heterocycles. The molecule has 0 aliphatic heterocycles. The van der Waals surface area contributed by atoms with E-state index in [1.165, 1.54) is 16.3 Å². The number of hydrogen-bond acceptors (Lipinski definition) is 3. The van der Waals surface area contributed by atoms with Crippen molar-refractivity contribution in [2.75, 3.05) is 0 Å². The van der Waals surface area contributed by atoms with Gasteiger partial charge in [0, 0.05) is 28.7 Å². The molecule has 0 saturated carbocycles. The Morgan fingerprint density at radius 3 is 2.29 bits per heavy atom. The zero-order valence-corrected chi connectivity index (χ0v) is 22.2. The van der Waals surface area contributed by atoms with Gasteiger partial charge in [-0.25, -0.2) is 9.97 Å². The maximum atomic E-state index is 6.17. The van der Waals surface area contributed by atoms with Crippen LogP contribution in [-0.2, 0) is 0 Å². The lowest BCUT2D eigenvalue weighted by atomic mass is 10.0. The van der Waals surface area contributed by atoms with Crippen molar-refractivity contribution >= 4 is 21.8 Å². The van der Waals surface area contributed by atoms with Gasteiger partial charge in [-0.1, -0.05) is 76.2 Å². The second-order valence-corrected chi connectivity index (χ2v) is 10.4. The van der Waals surface area contributed by atoms with Crippen molar-refractivity contribution in [2.24, 2.45) is 0 Å². The first kappa shape index (κ1) is 23.9. The van der Waals surface area contributed by atoms with E-state index >= 15 is 0 Å². The second kappa shape index (κ2) is 9.79.